The first-order valence-corrected chi connectivity index (χ1v) is 7.85. The molecule has 1 aliphatic rings. The Bertz CT molecular complexity index is 626. The first kappa shape index (κ1) is 17.7. The van der Waals surface area contributed by atoms with Crippen LogP contribution in [0.3, 0.4) is 0 Å². The number of nitro groups is 1. The van der Waals surface area contributed by atoms with Crippen LogP contribution < -0.4 is 5.32 Å². The first-order chi connectivity index (χ1) is 11.4. The standard InChI is InChI=1S/C16H21N3O5/c1-18(10-12-4-2-3-5-14(12)19(23)24)16(22)17-13-8-6-11(7-9-13)15(20)21/h2-5,11,13H,6-10H2,1H3,(H,17,22)(H,20,21). The Hall–Kier alpha value is -2.64. The van der Waals surface area contributed by atoms with E-state index in [4.69, 9.17) is 5.11 Å². The van der Waals surface area contributed by atoms with Crippen LogP contribution in [0, 0.1) is 16.0 Å². The van der Waals surface area contributed by atoms with E-state index < -0.39 is 10.9 Å². The minimum absolute atomic E-state index is 0.0147. The molecule has 1 fully saturated rings. The number of carbonyl (C=O) groups excluding carboxylic acids is 1. The fourth-order valence-electron chi connectivity index (χ4n) is 2.92. The first-order valence-electron chi connectivity index (χ1n) is 7.85. The third-order valence-electron chi connectivity index (χ3n) is 4.35. The number of aliphatic carboxylic acids is 1. The van der Waals surface area contributed by atoms with Crippen molar-refractivity contribution in [1.29, 1.82) is 0 Å². The summed E-state index contributed by atoms with van der Waals surface area (Å²) in [6.45, 7) is 0.132. The number of nitro benzene ring substituents is 1. The van der Waals surface area contributed by atoms with Gasteiger partial charge in [0.25, 0.3) is 5.69 Å². The van der Waals surface area contributed by atoms with E-state index in [-0.39, 0.29) is 30.2 Å². The van der Waals surface area contributed by atoms with Crippen LogP contribution in [0.25, 0.3) is 0 Å². The molecule has 1 aromatic rings. The Balaban J connectivity index is 1.89. The van der Waals surface area contributed by atoms with Gasteiger partial charge in [0.1, 0.15) is 0 Å². The van der Waals surface area contributed by atoms with E-state index in [9.17, 15) is 19.7 Å². The maximum absolute atomic E-state index is 12.2. The van der Waals surface area contributed by atoms with Crippen LogP contribution in [0.4, 0.5) is 10.5 Å². The molecule has 2 rings (SSSR count). The lowest BCUT2D eigenvalue weighted by atomic mass is 9.86. The Morgan fingerprint density at radius 1 is 1.29 bits per heavy atom. The number of amides is 2. The number of carbonyl (C=O) groups is 2. The molecule has 0 unspecified atom stereocenters. The highest BCUT2D eigenvalue weighted by molar-refractivity contribution is 5.74. The zero-order valence-electron chi connectivity index (χ0n) is 13.5. The molecule has 0 radical (unpaired) electrons. The molecule has 0 aliphatic heterocycles. The second-order valence-electron chi connectivity index (χ2n) is 6.08. The lowest BCUT2D eigenvalue weighted by Crippen LogP contribution is -2.44. The largest absolute Gasteiger partial charge is 0.481 e. The van der Waals surface area contributed by atoms with Gasteiger partial charge in [-0.25, -0.2) is 4.79 Å². The van der Waals surface area contributed by atoms with Gasteiger partial charge in [0.05, 0.1) is 17.4 Å². The van der Waals surface area contributed by atoms with Crippen LogP contribution in [0.5, 0.6) is 0 Å². The average molecular weight is 335 g/mol. The van der Waals surface area contributed by atoms with Crippen molar-refractivity contribution < 1.29 is 19.6 Å². The van der Waals surface area contributed by atoms with Crippen molar-refractivity contribution in [2.45, 2.75) is 38.3 Å². The van der Waals surface area contributed by atoms with E-state index in [2.05, 4.69) is 5.32 Å². The van der Waals surface area contributed by atoms with Crippen molar-refractivity contribution in [3.63, 3.8) is 0 Å². The summed E-state index contributed by atoms with van der Waals surface area (Å²) in [7, 11) is 1.58. The lowest BCUT2D eigenvalue weighted by molar-refractivity contribution is -0.385. The summed E-state index contributed by atoms with van der Waals surface area (Å²) in [6.07, 6.45) is 2.35. The second kappa shape index (κ2) is 7.76. The molecule has 24 heavy (non-hydrogen) atoms. The number of hydrogen-bond donors (Lipinski definition) is 2. The van der Waals surface area contributed by atoms with Gasteiger partial charge < -0.3 is 15.3 Å². The SMILES string of the molecule is CN(Cc1ccccc1[N+](=O)[O-])C(=O)NC1CCC(C(=O)O)CC1. The van der Waals surface area contributed by atoms with Crippen LogP contribution in [-0.4, -0.2) is 40.0 Å². The fourth-order valence-corrected chi connectivity index (χ4v) is 2.92. The molecule has 8 nitrogen and oxygen atoms in total. The molecule has 0 saturated heterocycles. The maximum Gasteiger partial charge on any atom is 0.317 e. The fraction of sp³-hybridized carbons (Fsp3) is 0.500. The zero-order valence-corrected chi connectivity index (χ0v) is 13.5. The predicted molar refractivity (Wildman–Crippen MR) is 86.5 cm³/mol. The summed E-state index contributed by atoms with van der Waals surface area (Å²) in [5.41, 5.74) is 0.453. The lowest BCUT2D eigenvalue weighted by Gasteiger charge is -2.28. The number of hydrogen-bond acceptors (Lipinski definition) is 4. The van der Waals surface area contributed by atoms with Gasteiger partial charge in [0, 0.05) is 24.7 Å². The molecule has 0 bridgehead atoms. The number of nitrogens with zero attached hydrogens (tertiary/aromatic N) is 2. The number of rotatable bonds is 5. The summed E-state index contributed by atoms with van der Waals surface area (Å²) in [5.74, 6) is -1.11. The van der Waals surface area contributed by atoms with Gasteiger partial charge in [-0.3, -0.25) is 14.9 Å². The van der Waals surface area contributed by atoms with E-state index in [1.54, 1.807) is 25.2 Å². The third-order valence-corrected chi connectivity index (χ3v) is 4.35. The van der Waals surface area contributed by atoms with Crippen LogP contribution in [0.2, 0.25) is 0 Å². The van der Waals surface area contributed by atoms with E-state index in [1.807, 2.05) is 0 Å². The highest BCUT2D eigenvalue weighted by atomic mass is 16.6. The van der Waals surface area contributed by atoms with Crippen LogP contribution in [0.15, 0.2) is 24.3 Å². The van der Waals surface area contributed by atoms with Gasteiger partial charge in [-0.05, 0) is 25.7 Å². The Kier molecular flexibility index (Phi) is 5.73. The van der Waals surface area contributed by atoms with Crippen LogP contribution in [0.1, 0.15) is 31.2 Å². The summed E-state index contributed by atoms with van der Waals surface area (Å²) in [4.78, 5) is 35.1. The molecule has 2 amide bonds. The van der Waals surface area contributed by atoms with Gasteiger partial charge in [-0.15, -0.1) is 0 Å². The molecule has 2 N–H and O–H groups in total. The van der Waals surface area contributed by atoms with E-state index in [0.717, 1.165) is 0 Å². The normalized spacial score (nSPS) is 20.2. The minimum atomic E-state index is -0.784. The van der Waals surface area contributed by atoms with Crippen LogP contribution >= 0.6 is 0 Å². The van der Waals surface area contributed by atoms with Crippen molar-refractivity contribution in [2.75, 3.05) is 7.05 Å². The molecule has 1 aliphatic carbocycles. The Morgan fingerprint density at radius 3 is 2.50 bits per heavy atom. The molecule has 0 heterocycles. The maximum atomic E-state index is 12.2. The highest BCUT2D eigenvalue weighted by Crippen LogP contribution is 2.25. The zero-order chi connectivity index (χ0) is 17.7. The molecule has 0 atom stereocenters. The molecule has 1 aromatic carbocycles. The van der Waals surface area contributed by atoms with E-state index in [1.165, 1.54) is 11.0 Å². The molecule has 0 aromatic heterocycles. The Labute approximate surface area is 139 Å². The number of benzene rings is 1. The number of para-hydroxylation sites is 1. The van der Waals surface area contributed by atoms with Crippen LogP contribution in [-0.2, 0) is 11.3 Å². The van der Waals surface area contributed by atoms with Gasteiger partial charge in [-0.1, -0.05) is 18.2 Å². The predicted octanol–water partition coefficient (Wildman–Crippen LogP) is 2.38. The number of carboxylic acid groups (broad SMARTS) is 1. The van der Waals surface area contributed by atoms with Crippen molar-refractivity contribution in [1.82, 2.24) is 10.2 Å². The average Bonchev–Trinajstić information content (AvgIpc) is 2.55. The second-order valence-corrected chi connectivity index (χ2v) is 6.08. The summed E-state index contributed by atoms with van der Waals surface area (Å²) >= 11 is 0. The quantitative estimate of drug-likeness (QED) is 0.633. The number of nitrogens with one attached hydrogen (secondary N) is 1. The van der Waals surface area contributed by atoms with E-state index in [0.29, 0.717) is 31.2 Å². The monoisotopic (exact) mass is 335 g/mol. The van der Waals surface area contributed by atoms with Gasteiger partial charge in [0.15, 0.2) is 0 Å². The smallest absolute Gasteiger partial charge is 0.317 e. The summed E-state index contributed by atoms with van der Waals surface area (Å²) in [5, 5.41) is 22.9. The summed E-state index contributed by atoms with van der Waals surface area (Å²) in [6, 6.07) is 5.95. The van der Waals surface area contributed by atoms with Crippen molar-refractivity contribution in [3.8, 4) is 0 Å². The van der Waals surface area contributed by atoms with Gasteiger partial charge in [-0.2, -0.15) is 0 Å². The van der Waals surface area contributed by atoms with Crippen molar-refractivity contribution in [3.05, 3.63) is 39.9 Å². The van der Waals surface area contributed by atoms with Crippen molar-refractivity contribution in [2.24, 2.45) is 5.92 Å². The number of carboxylic acids is 1. The highest BCUT2D eigenvalue weighted by Gasteiger charge is 2.27. The topological polar surface area (TPSA) is 113 Å². The molecular formula is C16H21N3O5. The van der Waals surface area contributed by atoms with Gasteiger partial charge >= 0.3 is 12.0 Å². The molecule has 0 spiro atoms. The third kappa shape index (κ3) is 4.43. The Morgan fingerprint density at radius 2 is 1.92 bits per heavy atom. The molecule has 130 valence electrons. The van der Waals surface area contributed by atoms with E-state index >= 15 is 0 Å². The molecular weight excluding hydrogens is 314 g/mol. The molecule has 1 saturated carbocycles. The number of urea groups is 1. The van der Waals surface area contributed by atoms with Gasteiger partial charge in [0.2, 0.25) is 0 Å². The summed E-state index contributed by atoms with van der Waals surface area (Å²) < 4.78 is 0. The minimum Gasteiger partial charge on any atom is -0.481 e. The molecule has 8 heteroatoms. The van der Waals surface area contributed by atoms with Crippen molar-refractivity contribution >= 4 is 17.7 Å².